The van der Waals surface area contributed by atoms with Gasteiger partial charge in [0, 0.05) is 11.1 Å². The lowest BCUT2D eigenvalue weighted by atomic mass is 9.40. The van der Waals surface area contributed by atoms with Crippen molar-refractivity contribution in [2.24, 2.45) is 5.41 Å². The average Bonchev–Trinajstić information content (AvgIpc) is 2.57. The van der Waals surface area contributed by atoms with Crippen molar-refractivity contribution in [2.45, 2.75) is 31.1 Å². The summed E-state index contributed by atoms with van der Waals surface area (Å²) < 4.78 is 34.4. The van der Waals surface area contributed by atoms with Crippen LogP contribution in [0.3, 0.4) is 0 Å². The Morgan fingerprint density at radius 1 is 1.20 bits per heavy atom. The summed E-state index contributed by atoms with van der Waals surface area (Å²) in [7, 11) is 0. The molecule has 1 aliphatic heterocycles. The second-order valence-corrected chi connectivity index (χ2v) is 6.09. The third kappa shape index (κ3) is 1.60. The molecule has 20 heavy (non-hydrogen) atoms. The molecule has 1 heterocycles. The number of fused-ring (bicyclic) bond motifs is 1. The van der Waals surface area contributed by atoms with E-state index in [1.165, 1.54) is 18.2 Å². The van der Waals surface area contributed by atoms with Crippen molar-refractivity contribution in [3.8, 4) is 11.5 Å². The highest BCUT2D eigenvalue weighted by Gasteiger charge is 2.65. The maximum atomic E-state index is 12.9. The molecule has 4 aliphatic rings. The lowest BCUT2D eigenvalue weighted by Crippen LogP contribution is -2.73. The van der Waals surface area contributed by atoms with Crippen molar-refractivity contribution in [3.05, 3.63) is 30.7 Å². The van der Waals surface area contributed by atoms with E-state index in [1.807, 2.05) is 0 Å². The van der Waals surface area contributed by atoms with E-state index in [2.05, 4.69) is 21.7 Å². The molecule has 0 atom stereocenters. The van der Waals surface area contributed by atoms with E-state index in [9.17, 15) is 13.6 Å². The Balaban J connectivity index is 1.51. The molecule has 3 aliphatic carbocycles. The molecule has 5 rings (SSSR count). The lowest BCUT2D eigenvalue weighted by molar-refractivity contribution is -0.286. The minimum absolute atomic E-state index is 0.0613. The molecule has 1 aromatic carbocycles. The maximum Gasteiger partial charge on any atom is 0.586 e. The molecule has 1 radical (unpaired) electrons. The van der Waals surface area contributed by atoms with E-state index in [4.69, 9.17) is 0 Å². The summed E-state index contributed by atoms with van der Waals surface area (Å²) in [6.45, 7) is 4.06. The van der Waals surface area contributed by atoms with Crippen molar-refractivity contribution in [1.82, 2.24) is 5.32 Å². The summed E-state index contributed by atoms with van der Waals surface area (Å²) in [5, 5.41) is 2.95. The van der Waals surface area contributed by atoms with Crippen LogP contribution in [0.25, 0.3) is 0 Å². The predicted octanol–water partition coefficient (Wildman–Crippen LogP) is 2.49. The Labute approximate surface area is 114 Å². The molecular formula is C14H12F2NO3. The summed E-state index contributed by atoms with van der Waals surface area (Å²) in [4.78, 5) is 12.1. The van der Waals surface area contributed by atoms with Gasteiger partial charge in [-0.15, -0.1) is 8.78 Å². The Kier molecular flexibility index (Phi) is 1.93. The van der Waals surface area contributed by atoms with Crippen molar-refractivity contribution in [1.29, 1.82) is 0 Å². The van der Waals surface area contributed by atoms with Gasteiger partial charge >= 0.3 is 6.29 Å². The van der Waals surface area contributed by atoms with E-state index in [0.29, 0.717) is 0 Å². The standard InChI is InChI=1S/C14H12F2NO3/c1-12-5-13(6-12,7-12)17-11(18)8-2-3-9-10(4-8)20-14(15,16)19-9/h2-4H,1,5-7H2,(H,17,18). The summed E-state index contributed by atoms with van der Waals surface area (Å²) in [5.74, 6) is -0.462. The topological polar surface area (TPSA) is 47.6 Å². The number of carbonyl (C=O) groups is 1. The highest BCUT2D eigenvalue weighted by Crippen LogP contribution is 2.66. The molecule has 4 nitrogen and oxygen atoms in total. The van der Waals surface area contributed by atoms with E-state index in [-0.39, 0.29) is 33.9 Å². The fourth-order valence-electron chi connectivity index (χ4n) is 3.53. The third-order valence-corrected chi connectivity index (χ3v) is 4.18. The van der Waals surface area contributed by atoms with Crippen LogP contribution in [-0.4, -0.2) is 17.7 Å². The first-order valence-corrected chi connectivity index (χ1v) is 6.36. The summed E-state index contributed by atoms with van der Waals surface area (Å²) in [6, 6.07) is 4.04. The number of amides is 1. The first-order chi connectivity index (χ1) is 9.28. The quantitative estimate of drug-likeness (QED) is 0.905. The molecular weight excluding hydrogens is 268 g/mol. The van der Waals surface area contributed by atoms with Gasteiger partial charge in [-0.2, -0.15) is 0 Å². The van der Waals surface area contributed by atoms with Gasteiger partial charge in [-0.25, -0.2) is 0 Å². The van der Waals surface area contributed by atoms with Gasteiger partial charge in [-0.1, -0.05) is 0 Å². The van der Waals surface area contributed by atoms with Gasteiger partial charge in [-0.05, 0) is 49.8 Å². The number of carbonyl (C=O) groups excluding carboxylic acids is 1. The zero-order chi connectivity index (χ0) is 14.2. The van der Waals surface area contributed by atoms with Crippen molar-refractivity contribution in [2.75, 3.05) is 0 Å². The molecule has 0 unspecified atom stereocenters. The van der Waals surface area contributed by atoms with E-state index in [1.54, 1.807) is 0 Å². The van der Waals surface area contributed by atoms with Crippen LogP contribution in [0, 0.1) is 12.3 Å². The number of halogens is 2. The number of nitrogens with one attached hydrogen (secondary N) is 1. The molecule has 3 saturated carbocycles. The van der Waals surface area contributed by atoms with Crippen LogP contribution in [0.1, 0.15) is 29.6 Å². The number of rotatable bonds is 2. The fraction of sp³-hybridized carbons (Fsp3) is 0.429. The number of ether oxygens (including phenoxy) is 2. The second kappa shape index (κ2) is 3.24. The average molecular weight is 280 g/mol. The van der Waals surface area contributed by atoms with E-state index in [0.717, 1.165) is 19.3 Å². The normalized spacial score (nSPS) is 35.0. The van der Waals surface area contributed by atoms with Crippen molar-refractivity contribution in [3.63, 3.8) is 0 Å². The zero-order valence-corrected chi connectivity index (χ0v) is 10.5. The highest BCUT2D eigenvalue weighted by molar-refractivity contribution is 5.95. The van der Waals surface area contributed by atoms with Crippen molar-refractivity contribution < 1.29 is 23.0 Å². The Morgan fingerprint density at radius 3 is 2.50 bits per heavy atom. The van der Waals surface area contributed by atoms with Crippen LogP contribution in [0.4, 0.5) is 8.78 Å². The Hall–Kier alpha value is -1.85. The van der Waals surface area contributed by atoms with Crippen LogP contribution < -0.4 is 14.8 Å². The van der Waals surface area contributed by atoms with Gasteiger partial charge in [0.15, 0.2) is 11.5 Å². The SMILES string of the molecule is [CH2]C12CC(NC(=O)c3ccc4c(c3)OC(F)(F)O4)(C1)C2. The number of alkyl halides is 2. The summed E-state index contributed by atoms with van der Waals surface area (Å²) in [6.07, 6.45) is -1.01. The molecule has 1 amide bonds. The van der Waals surface area contributed by atoms with Crippen LogP contribution in [0.5, 0.6) is 11.5 Å². The van der Waals surface area contributed by atoms with Gasteiger partial charge in [0.2, 0.25) is 0 Å². The van der Waals surface area contributed by atoms with Crippen LogP contribution >= 0.6 is 0 Å². The van der Waals surface area contributed by atoms with Gasteiger partial charge < -0.3 is 14.8 Å². The molecule has 0 aromatic heterocycles. The van der Waals surface area contributed by atoms with Crippen LogP contribution in [-0.2, 0) is 0 Å². The zero-order valence-electron chi connectivity index (χ0n) is 10.5. The smallest absolute Gasteiger partial charge is 0.395 e. The minimum Gasteiger partial charge on any atom is -0.395 e. The van der Waals surface area contributed by atoms with Gasteiger partial charge in [-0.3, -0.25) is 4.79 Å². The number of hydrogen-bond acceptors (Lipinski definition) is 3. The lowest BCUT2D eigenvalue weighted by Gasteiger charge is -2.69. The molecule has 105 valence electrons. The van der Waals surface area contributed by atoms with Crippen LogP contribution in [0.15, 0.2) is 18.2 Å². The Morgan fingerprint density at radius 2 is 1.85 bits per heavy atom. The second-order valence-electron chi connectivity index (χ2n) is 6.09. The van der Waals surface area contributed by atoms with Crippen molar-refractivity contribution >= 4 is 5.91 Å². The Bertz CT molecular complexity index is 609. The molecule has 2 bridgehead atoms. The van der Waals surface area contributed by atoms with E-state index < -0.39 is 6.29 Å². The molecule has 0 spiro atoms. The molecule has 3 fully saturated rings. The number of benzene rings is 1. The van der Waals surface area contributed by atoms with Gasteiger partial charge in [0.25, 0.3) is 5.91 Å². The highest BCUT2D eigenvalue weighted by atomic mass is 19.3. The maximum absolute atomic E-state index is 12.9. The molecule has 1 N–H and O–H groups in total. The third-order valence-electron chi connectivity index (χ3n) is 4.18. The predicted molar refractivity (Wildman–Crippen MR) is 64.5 cm³/mol. The fourth-order valence-corrected chi connectivity index (χ4v) is 3.53. The first-order valence-electron chi connectivity index (χ1n) is 6.36. The monoisotopic (exact) mass is 280 g/mol. The first kappa shape index (κ1) is 11.9. The summed E-state index contributed by atoms with van der Waals surface area (Å²) in [5.41, 5.74) is 0.288. The molecule has 0 saturated heterocycles. The van der Waals surface area contributed by atoms with Crippen LogP contribution in [0.2, 0.25) is 0 Å². The molecule has 1 aromatic rings. The van der Waals surface area contributed by atoms with Gasteiger partial charge in [0.1, 0.15) is 0 Å². The summed E-state index contributed by atoms with van der Waals surface area (Å²) >= 11 is 0. The molecule has 6 heteroatoms. The van der Waals surface area contributed by atoms with E-state index >= 15 is 0 Å². The largest absolute Gasteiger partial charge is 0.586 e. The van der Waals surface area contributed by atoms with Gasteiger partial charge in [0.05, 0.1) is 0 Å². The number of hydrogen-bond donors (Lipinski definition) is 1. The minimum atomic E-state index is -3.66.